The molecular formula is C13H15N5O2S. The lowest BCUT2D eigenvalue weighted by atomic mass is 10.1. The summed E-state index contributed by atoms with van der Waals surface area (Å²) in [4.78, 5) is 11.0. The van der Waals surface area contributed by atoms with Crippen LogP contribution in [0.2, 0.25) is 0 Å². The number of alkyl carbamates (subject to hydrolysis) is 1. The van der Waals surface area contributed by atoms with Gasteiger partial charge in [-0.3, -0.25) is 0 Å². The predicted octanol–water partition coefficient (Wildman–Crippen LogP) is 1.48. The maximum atomic E-state index is 11.0. The van der Waals surface area contributed by atoms with Gasteiger partial charge < -0.3 is 10.1 Å². The van der Waals surface area contributed by atoms with Gasteiger partial charge in [-0.25, -0.2) is 4.79 Å². The lowest BCUT2D eigenvalue weighted by Crippen LogP contribution is -2.17. The van der Waals surface area contributed by atoms with Gasteiger partial charge in [0.2, 0.25) is 5.16 Å². The highest BCUT2D eigenvalue weighted by molar-refractivity contribution is 7.99. The number of tetrazole rings is 1. The Kier molecular flexibility index (Phi) is 3.78. The molecule has 0 aliphatic carbocycles. The molecule has 1 aliphatic heterocycles. The van der Waals surface area contributed by atoms with E-state index in [2.05, 4.69) is 33.8 Å². The van der Waals surface area contributed by atoms with Gasteiger partial charge in [0.05, 0.1) is 12.2 Å². The van der Waals surface area contributed by atoms with Crippen LogP contribution in [0.25, 0.3) is 5.69 Å². The van der Waals surface area contributed by atoms with Gasteiger partial charge in [-0.2, -0.15) is 4.68 Å². The zero-order chi connectivity index (χ0) is 14.8. The van der Waals surface area contributed by atoms with Crippen LogP contribution in [0.15, 0.2) is 23.4 Å². The number of nitrogens with one attached hydrogen (secondary N) is 1. The number of amides is 1. The molecule has 7 nitrogen and oxygen atoms in total. The van der Waals surface area contributed by atoms with Crippen LogP contribution >= 0.6 is 11.8 Å². The molecule has 1 aromatic carbocycles. The maximum Gasteiger partial charge on any atom is 0.407 e. The first-order valence-electron chi connectivity index (χ1n) is 6.57. The number of hydrogen-bond acceptors (Lipinski definition) is 6. The van der Waals surface area contributed by atoms with Gasteiger partial charge >= 0.3 is 6.09 Å². The average Bonchev–Trinajstić information content (AvgIpc) is 3.08. The second-order valence-corrected chi connectivity index (χ2v) is 5.80. The number of benzene rings is 1. The van der Waals surface area contributed by atoms with Crippen molar-refractivity contribution in [3.05, 3.63) is 29.3 Å². The molecule has 1 saturated heterocycles. The Labute approximate surface area is 126 Å². The van der Waals surface area contributed by atoms with Crippen molar-refractivity contribution >= 4 is 17.9 Å². The van der Waals surface area contributed by atoms with Crippen molar-refractivity contribution in [2.45, 2.75) is 25.1 Å². The van der Waals surface area contributed by atoms with Crippen molar-refractivity contribution < 1.29 is 9.53 Å². The van der Waals surface area contributed by atoms with Crippen LogP contribution in [-0.4, -0.2) is 44.7 Å². The highest BCUT2D eigenvalue weighted by Gasteiger charge is 2.23. The van der Waals surface area contributed by atoms with E-state index in [1.54, 1.807) is 4.68 Å². The topological polar surface area (TPSA) is 81.9 Å². The highest BCUT2D eigenvalue weighted by atomic mass is 32.2. The van der Waals surface area contributed by atoms with Gasteiger partial charge in [0.25, 0.3) is 0 Å². The van der Waals surface area contributed by atoms with Crippen LogP contribution in [0.4, 0.5) is 4.79 Å². The van der Waals surface area contributed by atoms with Crippen molar-refractivity contribution in [2.75, 3.05) is 12.3 Å². The van der Waals surface area contributed by atoms with Gasteiger partial charge in [0.1, 0.15) is 6.10 Å². The van der Waals surface area contributed by atoms with Crippen molar-refractivity contribution in [3.63, 3.8) is 0 Å². The molecule has 2 aromatic rings. The minimum absolute atomic E-state index is 0.147. The number of aryl methyl sites for hydroxylation is 1. The van der Waals surface area contributed by atoms with Gasteiger partial charge in [-0.15, -0.1) is 5.10 Å². The van der Waals surface area contributed by atoms with E-state index in [-0.39, 0.29) is 12.2 Å². The fraction of sp³-hybridized carbons (Fsp3) is 0.385. The Morgan fingerprint density at radius 2 is 2.33 bits per heavy atom. The molecule has 3 rings (SSSR count). The van der Waals surface area contributed by atoms with E-state index in [0.29, 0.717) is 17.5 Å². The van der Waals surface area contributed by atoms with Crippen molar-refractivity contribution in [1.29, 1.82) is 0 Å². The number of carbonyl (C=O) groups excluding carboxylic acids is 1. The number of nitrogens with zero attached hydrogens (tertiary/aromatic N) is 4. The molecule has 1 atom stereocenters. The fourth-order valence-electron chi connectivity index (χ4n) is 2.08. The SMILES string of the molecule is Cc1cccc(-n2nnnc2SCC2CNC(=O)O2)c1C. The summed E-state index contributed by atoms with van der Waals surface area (Å²) in [7, 11) is 0. The van der Waals surface area contributed by atoms with E-state index in [0.717, 1.165) is 11.3 Å². The second-order valence-electron chi connectivity index (χ2n) is 4.81. The molecule has 8 heteroatoms. The van der Waals surface area contributed by atoms with Gasteiger partial charge in [-0.1, -0.05) is 23.9 Å². The molecule has 110 valence electrons. The summed E-state index contributed by atoms with van der Waals surface area (Å²) in [5.41, 5.74) is 3.29. The first-order valence-corrected chi connectivity index (χ1v) is 7.56. The lowest BCUT2D eigenvalue weighted by molar-refractivity contribution is 0.150. The quantitative estimate of drug-likeness (QED) is 0.862. The number of carbonyl (C=O) groups is 1. The number of aromatic nitrogens is 4. The molecule has 1 unspecified atom stereocenters. The van der Waals surface area contributed by atoms with Crippen LogP contribution in [0.3, 0.4) is 0 Å². The standard InChI is InChI=1S/C13H15N5O2S/c1-8-4-3-5-11(9(8)2)18-12(15-16-17-18)21-7-10-6-14-13(19)20-10/h3-5,10H,6-7H2,1-2H3,(H,14,19). The Balaban J connectivity index is 1.78. The molecule has 0 spiro atoms. The maximum absolute atomic E-state index is 11.0. The average molecular weight is 305 g/mol. The molecule has 0 radical (unpaired) electrons. The van der Waals surface area contributed by atoms with Gasteiger partial charge in [0, 0.05) is 5.75 Å². The molecule has 1 N–H and O–H groups in total. The van der Waals surface area contributed by atoms with Gasteiger partial charge in [0.15, 0.2) is 0 Å². The third-order valence-electron chi connectivity index (χ3n) is 3.39. The van der Waals surface area contributed by atoms with Crippen LogP contribution < -0.4 is 5.32 Å². The van der Waals surface area contributed by atoms with E-state index >= 15 is 0 Å². The minimum atomic E-state index is -0.366. The van der Waals surface area contributed by atoms with E-state index in [1.165, 1.54) is 17.3 Å². The molecule has 1 fully saturated rings. The number of hydrogen-bond donors (Lipinski definition) is 1. The second kappa shape index (κ2) is 5.72. The number of rotatable bonds is 4. The van der Waals surface area contributed by atoms with Crippen molar-refractivity contribution in [3.8, 4) is 5.69 Å². The molecule has 2 heterocycles. The molecular weight excluding hydrogens is 290 g/mol. The summed E-state index contributed by atoms with van der Waals surface area (Å²) in [6, 6.07) is 6.02. The van der Waals surface area contributed by atoms with Crippen LogP contribution in [0.5, 0.6) is 0 Å². The number of ether oxygens (including phenoxy) is 1. The summed E-state index contributed by atoms with van der Waals surface area (Å²) >= 11 is 1.47. The monoisotopic (exact) mass is 305 g/mol. The summed E-state index contributed by atoms with van der Waals surface area (Å²) in [6.07, 6.45) is -0.513. The largest absolute Gasteiger partial charge is 0.443 e. The molecule has 1 aromatic heterocycles. The minimum Gasteiger partial charge on any atom is -0.443 e. The third kappa shape index (κ3) is 2.85. The van der Waals surface area contributed by atoms with E-state index in [4.69, 9.17) is 4.74 Å². The first kappa shape index (κ1) is 13.9. The van der Waals surface area contributed by atoms with Crippen LogP contribution in [-0.2, 0) is 4.74 Å². The predicted molar refractivity (Wildman–Crippen MR) is 77.6 cm³/mol. The lowest BCUT2D eigenvalue weighted by Gasteiger charge is -2.10. The Hall–Kier alpha value is -2.09. The van der Waals surface area contributed by atoms with Crippen LogP contribution in [0.1, 0.15) is 11.1 Å². The van der Waals surface area contributed by atoms with E-state index < -0.39 is 0 Å². The van der Waals surface area contributed by atoms with Gasteiger partial charge in [-0.05, 0) is 41.5 Å². The smallest absolute Gasteiger partial charge is 0.407 e. The summed E-state index contributed by atoms with van der Waals surface area (Å²) in [5, 5.41) is 15.2. The number of cyclic esters (lactones) is 1. The normalized spacial score (nSPS) is 17.6. The molecule has 21 heavy (non-hydrogen) atoms. The summed E-state index contributed by atoms with van der Waals surface area (Å²) in [6.45, 7) is 4.62. The van der Waals surface area contributed by atoms with Crippen molar-refractivity contribution in [2.24, 2.45) is 0 Å². The summed E-state index contributed by atoms with van der Waals surface area (Å²) in [5.74, 6) is 0.615. The summed E-state index contributed by atoms with van der Waals surface area (Å²) < 4.78 is 6.82. The molecule has 1 amide bonds. The zero-order valence-electron chi connectivity index (χ0n) is 11.7. The molecule has 1 aliphatic rings. The number of thioether (sulfide) groups is 1. The Morgan fingerprint density at radius 1 is 1.48 bits per heavy atom. The van der Waals surface area contributed by atoms with E-state index in [1.807, 2.05) is 19.1 Å². The Bertz CT molecular complexity index is 672. The fourth-order valence-corrected chi connectivity index (χ4v) is 2.95. The highest BCUT2D eigenvalue weighted by Crippen LogP contribution is 2.23. The first-order chi connectivity index (χ1) is 10.1. The third-order valence-corrected chi connectivity index (χ3v) is 4.44. The molecule has 0 bridgehead atoms. The Morgan fingerprint density at radius 3 is 3.10 bits per heavy atom. The van der Waals surface area contributed by atoms with E-state index in [9.17, 15) is 4.79 Å². The zero-order valence-corrected chi connectivity index (χ0v) is 12.6. The van der Waals surface area contributed by atoms with Crippen LogP contribution in [0, 0.1) is 13.8 Å². The molecule has 0 saturated carbocycles. The van der Waals surface area contributed by atoms with Crippen molar-refractivity contribution in [1.82, 2.24) is 25.5 Å².